The molecule has 0 radical (unpaired) electrons. The first-order valence-corrected chi connectivity index (χ1v) is 9.29. The van der Waals surface area contributed by atoms with Gasteiger partial charge in [0, 0.05) is 44.2 Å². The molecule has 1 aromatic heterocycles. The fourth-order valence-corrected chi connectivity index (χ4v) is 3.65. The third kappa shape index (κ3) is 5.29. The van der Waals surface area contributed by atoms with Crippen LogP contribution in [0.25, 0.3) is 0 Å². The third-order valence-electron chi connectivity index (χ3n) is 5.17. The quantitative estimate of drug-likeness (QED) is 0.657. The zero-order chi connectivity index (χ0) is 17.8. The molecule has 2 aliphatic rings. The van der Waals surface area contributed by atoms with Crippen LogP contribution in [0.3, 0.4) is 0 Å². The van der Waals surface area contributed by atoms with Gasteiger partial charge in [-0.05, 0) is 44.6 Å². The Hall–Kier alpha value is -1.89. The van der Waals surface area contributed by atoms with Crippen LogP contribution in [-0.2, 0) is 16.1 Å². The summed E-state index contributed by atoms with van der Waals surface area (Å²) in [4.78, 5) is 26.0. The summed E-state index contributed by atoms with van der Waals surface area (Å²) in [6, 6.07) is 2.58. The van der Waals surface area contributed by atoms with Crippen molar-refractivity contribution in [2.45, 2.75) is 64.6 Å². The number of amides is 2. The number of aromatic amines is 1. The van der Waals surface area contributed by atoms with Gasteiger partial charge in [-0.25, -0.2) is 0 Å². The van der Waals surface area contributed by atoms with Crippen molar-refractivity contribution in [1.82, 2.24) is 25.7 Å². The van der Waals surface area contributed by atoms with E-state index in [1.54, 1.807) is 6.92 Å². The molecule has 3 N–H and O–H groups in total. The number of aromatic nitrogens is 2. The third-order valence-corrected chi connectivity index (χ3v) is 5.17. The molecule has 0 unspecified atom stereocenters. The van der Waals surface area contributed by atoms with Crippen LogP contribution in [0.2, 0.25) is 0 Å². The number of hydrogen-bond donors (Lipinski definition) is 3. The zero-order valence-corrected chi connectivity index (χ0v) is 15.2. The van der Waals surface area contributed by atoms with E-state index in [4.69, 9.17) is 0 Å². The normalized spacial score (nSPS) is 23.6. The van der Waals surface area contributed by atoms with Crippen molar-refractivity contribution in [3.05, 3.63) is 17.5 Å². The standard InChI is InChI=1S/C18H29N5O2/c1-12-7-15(22-21-12)9-20-18(25)8-16-5-6-17(10-19-13(2)24)23(16)11-14-3-4-14/h7,14,16-17H,3-6,8-11H2,1-2H3,(H,19,24)(H,20,25)(H,21,22)/t16-,17+/m0/s1. The molecule has 0 spiro atoms. The fourth-order valence-electron chi connectivity index (χ4n) is 3.65. The zero-order valence-electron chi connectivity index (χ0n) is 15.2. The molecule has 2 atom stereocenters. The maximum Gasteiger partial charge on any atom is 0.221 e. The second-order valence-electron chi connectivity index (χ2n) is 7.49. The van der Waals surface area contributed by atoms with Gasteiger partial charge < -0.3 is 10.6 Å². The summed E-state index contributed by atoms with van der Waals surface area (Å²) in [6.45, 7) is 5.71. The number of nitrogens with one attached hydrogen (secondary N) is 3. The summed E-state index contributed by atoms with van der Waals surface area (Å²) in [7, 11) is 0. The van der Waals surface area contributed by atoms with Gasteiger partial charge in [0.2, 0.25) is 11.8 Å². The van der Waals surface area contributed by atoms with Crippen molar-refractivity contribution < 1.29 is 9.59 Å². The molecule has 2 heterocycles. The van der Waals surface area contributed by atoms with Gasteiger partial charge in [0.15, 0.2) is 0 Å². The van der Waals surface area contributed by atoms with Crippen LogP contribution in [-0.4, -0.2) is 52.1 Å². The molecule has 0 aromatic carbocycles. The molecule has 1 aliphatic heterocycles. The summed E-state index contributed by atoms with van der Waals surface area (Å²) in [5.41, 5.74) is 1.85. The Morgan fingerprint density at radius 2 is 2.00 bits per heavy atom. The number of aryl methyl sites for hydroxylation is 1. The van der Waals surface area contributed by atoms with E-state index in [2.05, 4.69) is 25.7 Å². The van der Waals surface area contributed by atoms with E-state index in [1.165, 1.54) is 12.8 Å². The van der Waals surface area contributed by atoms with Gasteiger partial charge in [0.05, 0.1) is 12.2 Å². The molecule has 7 nitrogen and oxygen atoms in total. The van der Waals surface area contributed by atoms with E-state index in [0.29, 0.717) is 25.6 Å². The largest absolute Gasteiger partial charge is 0.355 e. The Labute approximate surface area is 148 Å². The second-order valence-corrected chi connectivity index (χ2v) is 7.49. The summed E-state index contributed by atoms with van der Waals surface area (Å²) >= 11 is 0. The molecular weight excluding hydrogens is 318 g/mol. The number of hydrogen-bond acceptors (Lipinski definition) is 4. The highest BCUT2D eigenvalue weighted by Crippen LogP contribution is 2.35. The number of nitrogens with zero attached hydrogens (tertiary/aromatic N) is 2. The maximum atomic E-state index is 12.4. The first-order valence-electron chi connectivity index (χ1n) is 9.29. The Bertz CT molecular complexity index is 610. The molecule has 0 bridgehead atoms. The number of rotatable bonds is 8. The molecular formula is C18H29N5O2. The fraction of sp³-hybridized carbons (Fsp3) is 0.722. The van der Waals surface area contributed by atoms with Gasteiger partial charge in [-0.3, -0.25) is 19.6 Å². The minimum absolute atomic E-state index is 0.0156. The molecule has 2 fully saturated rings. The predicted molar refractivity (Wildman–Crippen MR) is 94.7 cm³/mol. The van der Waals surface area contributed by atoms with Crippen molar-refractivity contribution in [3.8, 4) is 0 Å². The number of carbonyl (C=O) groups is 2. The van der Waals surface area contributed by atoms with Crippen molar-refractivity contribution >= 4 is 11.8 Å². The molecule has 1 saturated heterocycles. The number of carbonyl (C=O) groups excluding carboxylic acids is 2. The van der Waals surface area contributed by atoms with Crippen LogP contribution in [0.4, 0.5) is 0 Å². The van der Waals surface area contributed by atoms with E-state index in [0.717, 1.165) is 36.7 Å². The first-order chi connectivity index (χ1) is 12.0. The van der Waals surface area contributed by atoms with Crippen LogP contribution in [0, 0.1) is 12.8 Å². The average molecular weight is 347 g/mol. The molecule has 138 valence electrons. The van der Waals surface area contributed by atoms with Crippen LogP contribution in [0.5, 0.6) is 0 Å². The lowest BCUT2D eigenvalue weighted by atomic mass is 10.1. The molecule has 3 rings (SSSR count). The van der Waals surface area contributed by atoms with Gasteiger partial charge in [0.1, 0.15) is 0 Å². The molecule has 7 heteroatoms. The smallest absolute Gasteiger partial charge is 0.221 e. The molecule has 1 aliphatic carbocycles. The molecule has 1 saturated carbocycles. The van der Waals surface area contributed by atoms with Crippen LogP contribution < -0.4 is 10.6 Å². The Kier molecular flexibility index (Phi) is 5.73. The monoisotopic (exact) mass is 347 g/mol. The molecule has 25 heavy (non-hydrogen) atoms. The van der Waals surface area contributed by atoms with Crippen molar-refractivity contribution in [2.24, 2.45) is 5.92 Å². The van der Waals surface area contributed by atoms with E-state index < -0.39 is 0 Å². The van der Waals surface area contributed by atoms with Gasteiger partial charge in [0.25, 0.3) is 0 Å². The van der Waals surface area contributed by atoms with Crippen LogP contribution >= 0.6 is 0 Å². The Balaban J connectivity index is 1.50. The number of H-pyrrole nitrogens is 1. The van der Waals surface area contributed by atoms with Gasteiger partial charge in [-0.2, -0.15) is 5.10 Å². The Morgan fingerprint density at radius 3 is 2.64 bits per heavy atom. The molecule has 1 aromatic rings. The lowest BCUT2D eigenvalue weighted by Gasteiger charge is -2.30. The highest BCUT2D eigenvalue weighted by Gasteiger charge is 2.37. The highest BCUT2D eigenvalue weighted by atomic mass is 16.2. The van der Waals surface area contributed by atoms with Crippen molar-refractivity contribution in [1.29, 1.82) is 0 Å². The van der Waals surface area contributed by atoms with Crippen molar-refractivity contribution in [3.63, 3.8) is 0 Å². The summed E-state index contributed by atoms with van der Waals surface area (Å²) in [6.07, 6.45) is 5.17. The van der Waals surface area contributed by atoms with Gasteiger partial charge in [-0.1, -0.05) is 0 Å². The van der Waals surface area contributed by atoms with E-state index >= 15 is 0 Å². The highest BCUT2D eigenvalue weighted by molar-refractivity contribution is 5.76. The minimum atomic E-state index is 0.0156. The SMILES string of the molecule is CC(=O)NC[C@H]1CC[C@@H](CC(=O)NCc2cc(C)[nH]n2)N1CC1CC1. The maximum absolute atomic E-state index is 12.4. The van der Waals surface area contributed by atoms with Gasteiger partial charge in [-0.15, -0.1) is 0 Å². The minimum Gasteiger partial charge on any atom is -0.355 e. The Morgan fingerprint density at radius 1 is 1.24 bits per heavy atom. The lowest BCUT2D eigenvalue weighted by Crippen LogP contribution is -2.45. The predicted octanol–water partition coefficient (Wildman–Crippen LogP) is 1.10. The topological polar surface area (TPSA) is 90.1 Å². The van der Waals surface area contributed by atoms with E-state index in [-0.39, 0.29) is 17.9 Å². The lowest BCUT2D eigenvalue weighted by molar-refractivity contribution is -0.123. The summed E-state index contributed by atoms with van der Waals surface area (Å²) in [5.74, 6) is 0.865. The summed E-state index contributed by atoms with van der Waals surface area (Å²) < 4.78 is 0. The van der Waals surface area contributed by atoms with Gasteiger partial charge >= 0.3 is 0 Å². The summed E-state index contributed by atoms with van der Waals surface area (Å²) in [5, 5.41) is 12.9. The average Bonchev–Trinajstić information content (AvgIpc) is 3.17. The van der Waals surface area contributed by atoms with E-state index in [9.17, 15) is 9.59 Å². The molecule has 2 amide bonds. The van der Waals surface area contributed by atoms with Crippen molar-refractivity contribution in [2.75, 3.05) is 13.1 Å². The van der Waals surface area contributed by atoms with E-state index in [1.807, 2.05) is 13.0 Å². The second kappa shape index (κ2) is 7.99. The first kappa shape index (κ1) is 17.9. The number of likely N-dealkylation sites (tertiary alicyclic amines) is 1. The van der Waals surface area contributed by atoms with Crippen LogP contribution in [0.15, 0.2) is 6.07 Å². The van der Waals surface area contributed by atoms with Crippen LogP contribution in [0.1, 0.15) is 50.4 Å².